The Morgan fingerprint density at radius 2 is 1.85 bits per heavy atom. The first-order valence-electron chi connectivity index (χ1n) is 7.96. The summed E-state index contributed by atoms with van der Waals surface area (Å²) in [6, 6.07) is 14.4. The molecule has 27 heavy (non-hydrogen) atoms. The zero-order chi connectivity index (χ0) is 19.8. The van der Waals surface area contributed by atoms with E-state index in [0.29, 0.717) is 16.3 Å². The summed E-state index contributed by atoms with van der Waals surface area (Å²) in [5.74, 6) is -0.758. The molecule has 2 aromatic carbocycles. The summed E-state index contributed by atoms with van der Waals surface area (Å²) in [5, 5.41) is 2.63. The van der Waals surface area contributed by atoms with Crippen molar-refractivity contribution in [2.45, 2.75) is 23.7 Å². The number of ether oxygens (including phenoxy) is 2. The van der Waals surface area contributed by atoms with E-state index in [1.807, 2.05) is 35.6 Å². The van der Waals surface area contributed by atoms with E-state index in [1.165, 1.54) is 6.92 Å². The van der Waals surface area contributed by atoms with Crippen LogP contribution in [0.5, 0.6) is 0 Å². The summed E-state index contributed by atoms with van der Waals surface area (Å²) >= 11 is 7.47. The Kier molecular flexibility index (Phi) is 7.69. The van der Waals surface area contributed by atoms with Crippen LogP contribution in [-0.4, -0.2) is 31.2 Å². The average Bonchev–Trinajstić information content (AvgIpc) is 2.67. The van der Waals surface area contributed by atoms with Gasteiger partial charge in [0.15, 0.2) is 6.10 Å². The molecule has 0 aliphatic rings. The fraction of sp³-hybridized carbons (Fsp3) is 0.211. The molecule has 0 aliphatic heterocycles. The Labute approximate surface area is 166 Å². The highest BCUT2D eigenvalue weighted by Gasteiger charge is 2.21. The maximum atomic E-state index is 12.2. The van der Waals surface area contributed by atoms with Crippen LogP contribution in [0.25, 0.3) is 0 Å². The van der Waals surface area contributed by atoms with Crippen molar-refractivity contribution in [1.82, 2.24) is 5.32 Å². The smallest absolute Gasteiger partial charge is 0.413 e. The summed E-state index contributed by atoms with van der Waals surface area (Å²) in [4.78, 5) is 36.1. The van der Waals surface area contributed by atoms with Crippen molar-refractivity contribution in [2.24, 2.45) is 0 Å². The lowest BCUT2D eigenvalue weighted by Gasteiger charge is -2.12. The first-order valence-corrected chi connectivity index (χ1v) is 9.32. The third-order valence-electron chi connectivity index (χ3n) is 3.45. The number of hydrogen-bond acceptors (Lipinski definition) is 6. The van der Waals surface area contributed by atoms with Crippen LogP contribution in [0.2, 0.25) is 5.02 Å². The van der Waals surface area contributed by atoms with Crippen molar-refractivity contribution in [1.29, 1.82) is 0 Å². The van der Waals surface area contributed by atoms with Gasteiger partial charge < -0.3 is 9.47 Å². The van der Waals surface area contributed by atoms with Gasteiger partial charge in [-0.3, -0.25) is 10.1 Å². The van der Waals surface area contributed by atoms with E-state index < -0.39 is 24.1 Å². The van der Waals surface area contributed by atoms with Gasteiger partial charge in [0, 0.05) is 15.7 Å². The number of rotatable bonds is 6. The van der Waals surface area contributed by atoms with E-state index in [9.17, 15) is 14.4 Å². The number of nitrogens with one attached hydrogen (secondary N) is 1. The topological polar surface area (TPSA) is 81.7 Å². The fourth-order valence-corrected chi connectivity index (χ4v) is 2.99. The molecule has 0 saturated heterocycles. The molecule has 2 rings (SSSR count). The van der Waals surface area contributed by atoms with Crippen molar-refractivity contribution in [3.8, 4) is 0 Å². The van der Waals surface area contributed by atoms with E-state index in [1.54, 1.807) is 30.0 Å². The predicted octanol–water partition coefficient (Wildman–Crippen LogP) is 4.06. The highest BCUT2D eigenvalue weighted by atomic mass is 35.5. The van der Waals surface area contributed by atoms with Crippen LogP contribution >= 0.6 is 23.4 Å². The molecule has 0 radical (unpaired) electrons. The van der Waals surface area contributed by atoms with Crippen molar-refractivity contribution in [2.75, 3.05) is 7.11 Å². The van der Waals surface area contributed by atoms with Crippen LogP contribution in [0.15, 0.2) is 53.4 Å². The van der Waals surface area contributed by atoms with Crippen molar-refractivity contribution in [3.05, 3.63) is 64.7 Å². The molecule has 2 aromatic rings. The minimum absolute atomic E-state index is 0.321. The minimum Gasteiger partial charge on any atom is -0.453 e. The molecule has 8 heteroatoms. The first kappa shape index (κ1) is 20.8. The summed E-state index contributed by atoms with van der Waals surface area (Å²) < 4.78 is 9.42. The molecule has 6 nitrogen and oxygen atoms in total. The largest absolute Gasteiger partial charge is 0.453 e. The molecule has 0 bridgehead atoms. The van der Waals surface area contributed by atoms with Crippen LogP contribution < -0.4 is 5.32 Å². The Bertz CT molecular complexity index is 825. The van der Waals surface area contributed by atoms with Crippen LogP contribution in [0.1, 0.15) is 22.8 Å². The second kappa shape index (κ2) is 9.99. The second-order valence-corrected chi connectivity index (χ2v) is 6.96. The predicted molar refractivity (Wildman–Crippen MR) is 103 cm³/mol. The van der Waals surface area contributed by atoms with Crippen LogP contribution in [0, 0.1) is 0 Å². The molecule has 1 atom stereocenters. The number of carbonyl (C=O) groups is 3. The van der Waals surface area contributed by atoms with Gasteiger partial charge in [0.05, 0.1) is 12.7 Å². The van der Waals surface area contributed by atoms with E-state index in [4.69, 9.17) is 16.3 Å². The summed E-state index contributed by atoms with van der Waals surface area (Å²) in [6.45, 7) is 1.37. The molecule has 0 spiro atoms. The third kappa shape index (κ3) is 6.62. The monoisotopic (exact) mass is 407 g/mol. The molecule has 0 aliphatic carbocycles. The van der Waals surface area contributed by atoms with Gasteiger partial charge in [0.25, 0.3) is 5.91 Å². The van der Waals surface area contributed by atoms with Gasteiger partial charge in [0.2, 0.25) is 0 Å². The number of imide groups is 1. The Balaban J connectivity index is 1.95. The van der Waals surface area contributed by atoms with E-state index in [-0.39, 0.29) is 0 Å². The zero-order valence-electron chi connectivity index (χ0n) is 14.7. The molecule has 0 heterocycles. The van der Waals surface area contributed by atoms with Gasteiger partial charge in [-0.05, 0) is 48.9 Å². The number of carbonyl (C=O) groups excluding carboxylic acids is 3. The number of benzene rings is 2. The SMILES string of the molecule is COC(=O)NC(=O)[C@H](C)OC(=O)c1cccc(CSc2ccc(Cl)cc2)c1. The Morgan fingerprint density at radius 1 is 1.15 bits per heavy atom. The normalized spacial score (nSPS) is 11.4. The lowest BCUT2D eigenvalue weighted by molar-refractivity contribution is -0.128. The summed E-state index contributed by atoms with van der Waals surface area (Å²) in [5.41, 5.74) is 1.25. The second-order valence-electron chi connectivity index (χ2n) is 5.47. The summed E-state index contributed by atoms with van der Waals surface area (Å²) in [6.07, 6.45) is -2.05. The highest BCUT2D eigenvalue weighted by Crippen LogP contribution is 2.24. The number of alkyl carbamates (subject to hydrolysis) is 1. The maximum absolute atomic E-state index is 12.2. The van der Waals surface area contributed by atoms with Gasteiger partial charge in [-0.15, -0.1) is 11.8 Å². The molecule has 0 unspecified atom stereocenters. The molecule has 142 valence electrons. The molecule has 1 N–H and O–H groups in total. The zero-order valence-corrected chi connectivity index (χ0v) is 16.3. The summed E-state index contributed by atoms with van der Waals surface area (Å²) in [7, 11) is 1.13. The fourth-order valence-electron chi connectivity index (χ4n) is 2.02. The highest BCUT2D eigenvalue weighted by molar-refractivity contribution is 7.98. The third-order valence-corrected chi connectivity index (χ3v) is 4.78. The van der Waals surface area contributed by atoms with Gasteiger partial charge in [-0.2, -0.15) is 0 Å². The number of halogens is 1. The number of hydrogen-bond donors (Lipinski definition) is 1. The lowest BCUT2D eigenvalue weighted by Crippen LogP contribution is -2.39. The van der Waals surface area contributed by atoms with Crippen LogP contribution in [0.4, 0.5) is 4.79 Å². The minimum atomic E-state index is -1.14. The van der Waals surface area contributed by atoms with Crippen molar-refractivity contribution >= 4 is 41.3 Å². The Hall–Kier alpha value is -2.51. The molecule has 2 amide bonds. The maximum Gasteiger partial charge on any atom is 0.413 e. The van der Waals surface area contributed by atoms with Crippen LogP contribution in [0.3, 0.4) is 0 Å². The van der Waals surface area contributed by atoms with Crippen molar-refractivity contribution in [3.63, 3.8) is 0 Å². The Morgan fingerprint density at radius 3 is 2.52 bits per heavy atom. The first-order chi connectivity index (χ1) is 12.9. The number of amides is 2. The van der Waals surface area contributed by atoms with Gasteiger partial charge >= 0.3 is 12.1 Å². The standard InChI is InChI=1S/C19H18ClNO5S/c1-12(17(22)21-19(24)25-2)26-18(23)14-5-3-4-13(10-14)11-27-16-8-6-15(20)7-9-16/h3-10,12H,11H2,1-2H3,(H,21,22,24)/t12-/m0/s1. The number of esters is 1. The molecule has 0 saturated carbocycles. The van der Waals surface area contributed by atoms with E-state index >= 15 is 0 Å². The molecule has 0 fully saturated rings. The van der Waals surface area contributed by atoms with Gasteiger partial charge in [0.1, 0.15) is 0 Å². The number of thioether (sulfide) groups is 1. The molecular weight excluding hydrogens is 390 g/mol. The van der Waals surface area contributed by atoms with E-state index in [2.05, 4.69) is 4.74 Å². The van der Waals surface area contributed by atoms with Gasteiger partial charge in [-0.25, -0.2) is 9.59 Å². The lowest BCUT2D eigenvalue weighted by atomic mass is 10.1. The quantitative estimate of drug-likeness (QED) is 0.574. The van der Waals surface area contributed by atoms with Crippen LogP contribution in [-0.2, 0) is 20.0 Å². The van der Waals surface area contributed by atoms with E-state index in [0.717, 1.165) is 17.6 Å². The molecule has 0 aromatic heterocycles. The van der Waals surface area contributed by atoms with Gasteiger partial charge in [-0.1, -0.05) is 23.7 Å². The average molecular weight is 408 g/mol. The number of methoxy groups -OCH3 is 1. The van der Waals surface area contributed by atoms with Crippen molar-refractivity contribution < 1.29 is 23.9 Å². The molecular formula is C19H18ClNO5S.